The molecular formula is C14H10Cl2O2. The van der Waals surface area contributed by atoms with Crippen molar-refractivity contribution in [3.8, 4) is 11.1 Å². The molecule has 2 nitrogen and oxygen atoms in total. The Morgan fingerprint density at radius 1 is 1.06 bits per heavy atom. The molecule has 0 unspecified atom stereocenters. The molecule has 92 valence electrons. The third-order valence-corrected chi connectivity index (χ3v) is 3.09. The predicted octanol–water partition coefficient (Wildman–Crippen LogP) is 4.67. The van der Waals surface area contributed by atoms with E-state index in [1.54, 1.807) is 36.4 Å². The average molecular weight is 281 g/mol. The Balaban J connectivity index is 2.62. The fraction of sp³-hybridized carbons (Fsp3) is 0.0714. The zero-order valence-corrected chi connectivity index (χ0v) is 11.1. The molecular weight excluding hydrogens is 271 g/mol. The van der Waals surface area contributed by atoms with E-state index < -0.39 is 5.97 Å². The van der Waals surface area contributed by atoms with E-state index in [0.717, 1.165) is 16.7 Å². The van der Waals surface area contributed by atoms with E-state index in [2.05, 4.69) is 0 Å². The lowest BCUT2D eigenvalue weighted by molar-refractivity contribution is 0.0697. The zero-order valence-electron chi connectivity index (χ0n) is 9.58. The van der Waals surface area contributed by atoms with E-state index in [9.17, 15) is 4.79 Å². The molecule has 2 aromatic carbocycles. The summed E-state index contributed by atoms with van der Waals surface area (Å²) in [6, 6.07) is 10.1. The molecule has 2 aromatic rings. The van der Waals surface area contributed by atoms with Gasteiger partial charge in [0.15, 0.2) is 0 Å². The maximum atomic E-state index is 11.0. The fourth-order valence-electron chi connectivity index (χ4n) is 1.78. The molecule has 0 amide bonds. The molecule has 4 heteroatoms. The largest absolute Gasteiger partial charge is 0.478 e. The van der Waals surface area contributed by atoms with Crippen LogP contribution in [0.2, 0.25) is 10.0 Å². The van der Waals surface area contributed by atoms with Gasteiger partial charge in [-0.1, -0.05) is 29.3 Å². The molecule has 0 fully saturated rings. The Bertz CT molecular complexity index is 601. The van der Waals surface area contributed by atoms with Gasteiger partial charge < -0.3 is 5.11 Å². The number of carboxylic acid groups (broad SMARTS) is 1. The molecule has 0 radical (unpaired) electrons. The van der Waals surface area contributed by atoms with Crippen LogP contribution in [0.15, 0.2) is 36.4 Å². The van der Waals surface area contributed by atoms with Crippen LogP contribution >= 0.6 is 23.2 Å². The number of halogens is 2. The van der Waals surface area contributed by atoms with E-state index in [1.165, 1.54) is 0 Å². The Morgan fingerprint density at radius 2 is 1.67 bits per heavy atom. The number of carbonyl (C=O) groups is 1. The number of rotatable bonds is 2. The summed E-state index contributed by atoms with van der Waals surface area (Å²) in [5.41, 5.74) is 2.84. The minimum absolute atomic E-state index is 0.242. The predicted molar refractivity (Wildman–Crippen MR) is 73.6 cm³/mol. The average Bonchev–Trinajstić information content (AvgIpc) is 2.27. The molecule has 0 aromatic heterocycles. The summed E-state index contributed by atoms with van der Waals surface area (Å²) in [7, 11) is 0. The smallest absolute Gasteiger partial charge is 0.335 e. The standard InChI is InChI=1S/C14H10Cl2O2/c1-8-2-3-9(14(17)18)6-13(8)10-4-11(15)7-12(16)5-10/h2-7H,1H3,(H,17,18). The van der Waals surface area contributed by atoms with Crippen molar-refractivity contribution in [1.82, 2.24) is 0 Å². The highest BCUT2D eigenvalue weighted by Crippen LogP contribution is 2.30. The van der Waals surface area contributed by atoms with Crippen LogP contribution in [0.4, 0.5) is 0 Å². The van der Waals surface area contributed by atoms with Gasteiger partial charge in [-0.05, 0) is 53.9 Å². The molecule has 0 heterocycles. The first-order chi connectivity index (χ1) is 8.47. The second kappa shape index (κ2) is 5.01. The summed E-state index contributed by atoms with van der Waals surface area (Å²) < 4.78 is 0. The topological polar surface area (TPSA) is 37.3 Å². The summed E-state index contributed by atoms with van der Waals surface area (Å²) in [6.45, 7) is 1.91. The highest BCUT2D eigenvalue weighted by atomic mass is 35.5. The Labute approximate surface area is 115 Å². The summed E-state index contributed by atoms with van der Waals surface area (Å²) >= 11 is 11.9. The van der Waals surface area contributed by atoms with E-state index in [4.69, 9.17) is 28.3 Å². The van der Waals surface area contributed by atoms with Crippen molar-refractivity contribution < 1.29 is 9.90 Å². The highest BCUT2D eigenvalue weighted by molar-refractivity contribution is 6.35. The second-order valence-electron chi connectivity index (χ2n) is 3.99. The number of hydrogen-bond acceptors (Lipinski definition) is 1. The summed E-state index contributed by atoms with van der Waals surface area (Å²) in [6.07, 6.45) is 0. The van der Waals surface area contributed by atoms with Crippen molar-refractivity contribution in [2.45, 2.75) is 6.92 Å². The van der Waals surface area contributed by atoms with Gasteiger partial charge in [0.25, 0.3) is 0 Å². The lowest BCUT2D eigenvalue weighted by atomic mass is 9.98. The molecule has 0 saturated carbocycles. The lowest BCUT2D eigenvalue weighted by Crippen LogP contribution is -1.97. The quantitative estimate of drug-likeness (QED) is 0.868. The summed E-state index contributed by atoms with van der Waals surface area (Å²) in [4.78, 5) is 11.0. The number of aromatic carboxylic acids is 1. The Hall–Kier alpha value is -1.51. The summed E-state index contributed by atoms with van der Waals surface area (Å²) in [5.74, 6) is -0.954. The van der Waals surface area contributed by atoms with Crippen LogP contribution < -0.4 is 0 Å². The van der Waals surface area contributed by atoms with Gasteiger partial charge in [-0.3, -0.25) is 0 Å². The summed E-state index contributed by atoms with van der Waals surface area (Å²) in [5, 5.41) is 10.1. The third kappa shape index (κ3) is 2.66. The molecule has 0 bridgehead atoms. The Morgan fingerprint density at radius 3 is 2.22 bits per heavy atom. The van der Waals surface area contributed by atoms with Crippen LogP contribution in [-0.2, 0) is 0 Å². The second-order valence-corrected chi connectivity index (χ2v) is 4.87. The fourth-order valence-corrected chi connectivity index (χ4v) is 2.30. The number of aryl methyl sites for hydroxylation is 1. The monoisotopic (exact) mass is 280 g/mol. The van der Waals surface area contributed by atoms with E-state index in [0.29, 0.717) is 10.0 Å². The van der Waals surface area contributed by atoms with Crippen molar-refractivity contribution in [3.63, 3.8) is 0 Å². The molecule has 0 saturated heterocycles. The highest BCUT2D eigenvalue weighted by Gasteiger charge is 2.09. The normalized spacial score (nSPS) is 10.4. The first-order valence-corrected chi connectivity index (χ1v) is 6.03. The van der Waals surface area contributed by atoms with Gasteiger partial charge in [0, 0.05) is 10.0 Å². The first kappa shape index (κ1) is 12.9. The van der Waals surface area contributed by atoms with Crippen LogP contribution in [0.25, 0.3) is 11.1 Å². The van der Waals surface area contributed by atoms with Gasteiger partial charge in [0.1, 0.15) is 0 Å². The number of hydrogen-bond donors (Lipinski definition) is 1. The van der Waals surface area contributed by atoms with Crippen molar-refractivity contribution in [1.29, 1.82) is 0 Å². The van der Waals surface area contributed by atoms with E-state index in [-0.39, 0.29) is 5.56 Å². The van der Waals surface area contributed by atoms with Crippen molar-refractivity contribution in [2.24, 2.45) is 0 Å². The maximum absolute atomic E-state index is 11.0. The first-order valence-electron chi connectivity index (χ1n) is 5.28. The Kier molecular flexibility index (Phi) is 3.60. The van der Waals surface area contributed by atoms with Crippen LogP contribution in [0.5, 0.6) is 0 Å². The molecule has 18 heavy (non-hydrogen) atoms. The molecule has 0 atom stereocenters. The number of benzene rings is 2. The minimum atomic E-state index is -0.954. The minimum Gasteiger partial charge on any atom is -0.478 e. The van der Waals surface area contributed by atoms with Gasteiger partial charge >= 0.3 is 5.97 Å². The van der Waals surface area contributed by atoms with Gasteiger partial charge in [-0.2, -0.15) is 0 Å². The molecule has 0 spiro atoms. The van der Waals surface area contributed by atoms with Crippen LogP contribution in [0, 0.1) is 6.92 Å². The third-order valence-electron chi connectivity index (χ3n) is 2.66. The van der Waals surface area contributed by atoms with Crippen LogP contribution in [0.1, 0.15) is 15.9 Å². The van der Waals surface area contributed by atoms with E-state index in [1.807, 2.05) is 6.92 Å². The van der Waals surface area contributed by atoms with Gasteiger partial charge in [0.05, 0.1) is 5.56 Å². The zero-order chi connectivity index (χ0) is 13.3. The molecule has 0 aliphatic rings. The van der Waals surface area contributed by atoms with Crippen LogP contribution in [0.3, 0.4) is 0 Å². The van der Waals surface area contributed by atoms with Gasteiger partial charge in [0.2, 0.25) is 0 Å². The molecule has 0 aliphatic carbocycles. The SMILES string of the molecule is Cc1ccc(C(=O)O)cc1-c1cc(Cl)cc(Cl)c1. The molecule has 0 aliphatic heterocycles. The lowest BCUT2D eigenvalue weighted by Gasteiger charge is -2.08. The van der Waals surface area contributed by atoms with Crippen molar-refractivity contribution in [2.75, 3.05) is 0 Å². The van der Waals surface area contributed by atoms with Gasteiger partial charge in [-0.25, -0.2) is 4.79 Å². The van der Waals surface area contributed by atoms with Crippen molar-refractivity contribution >= 4 is 29.2 Å². The van der Waals surface area contributed by atoms with E-state index >= 15 is 0 Å². The number of carboxylic acids is 1. The molecule has 1 N–H and O–H groups in total. The molecule has 2 rings (SSSR count). The maximum Gasteiger partial charge on any atom is 0.335 e. The van der Waals surface area contributed by atoms with Crippen LogP contribution in [-0.4, -0.2) is 11.1 Å². The van der Waals surface area contributed by atoms with Gasteiger partial charge in [-0.15, -0.1) is 0 Å². The van der Waals surface area contributed by atoms with Crippen molar-refractivity contribution in [3.05, 3.63) is 57.6 Å².